The number of carbonyl (C=O) groups is 1. The van der Waals surface area contributed by atoms with Gasteiger partial charge in [-0.25, -0.2) is 9.37 Å². The molecule has 1 aliphatic rings. The van der Waals surface area contributed by atoms with E-state index < -0.39 is 0 Å². The zero-order valence-electron chi connectivity index (χ0n) is 18.1. The van der Waals surface area contributed by atoms with Gasteiger partial charge in [-0.1, -0.05) is 35.9 Å². The van der Waals surface area contributed by atoms with Crippen molar-refractivity contribution in [1.29, 1.82) is 0 Å². The third-order valence-corrected chi connectivity index (χ3v) is 5.97. The van der Waals surface area contributed by atoms with Crippen LogP contribution in [-0.4, -0.2) is 47.4 Å². The lowest BCUT2D eigenvalue weighted by Crippen LogP contribution is -2.43. The van der Waals surface area contributed by atoms with Crippen molar-refractivity contribution < 1.29 is 13.6 Å². The molecular formula is C25H27ClFN3O2. The van der Waals surface area contributed by atoms with Crippen LogP contribution >= 0.6 is 11.6 Å². The summed E-state index contributed by atoms with van der Waals surface area (Å²) in [5.41, 5.74) is 2.05. The maximum atomic E-state index is 13.1. The molecule has 4 rings (SSSR count). The highest BCUT2D eigenvalue weighted by molar-refractivity contribution is 6.30. The largest absolute Gasteiger partial charge is 0.445 e. The molecule has 1 fully saturated rings. The van der Waals surface area contributed by atoms with E-state index in [0.29, 0.717) is 37.0 Å². The highest BCUT2D eigenvalue weighted by Crippen LogP contribution is 2.27. The lowest BCUT2D eigenvalue weighted by Gasteiger charge is -2.32. The SMILES string of the molecule is CN(CC(=O)N1CCCC(c2ncc(Cc3cccc(Cl)c3)o2)C1)Cc1ccc(F)cc1. The summed E-state index contributed by atoms with van der Waals surface area (Å²) in [6.45, 7) is 2.27. The zero-order valence-corrected chi connectivity index (χ0v) is 18.9. The van der Waals surface area contributed by atoms with Crippen LogP contribution in [0.3, 0.4) is 0 Å². The van der Waals surface area contributed by atoms with E-state index in [0.717, 1.165) is 36.3 Å². The molecule has 0 saturated carbocycles. The van der Waals surface area contributed by atoms with E-state index >= 15 is 0 Å². The Balaban J connectivity index is 1.32. The molecule has 1 aliphatic heterocycles. The number of carbonyl (C=O) groups excluding carboxylic acids is 1. The predicted molar refractivity (Wildman–Crippen MR) is 122 cm³/mol. The van der Waals surface area contributed by atoms with Gasteiger partial charge in [0.2, 0.25) is 5.91 Å². The Morgan fingerprint density at radius 2 is 2.06 bits per heavy atom. The number of hydrogen-bond donors (Lipinski definition) is 0. The first-order valence-electron chi connectivity index (χ1n) is 10.9. The Bertz CT molecular complexity index is 1050. The van der Waals surface area contributed by atoms with Gasteiger partial charge in [0, 0.05) is 31.1 Å². The Morgan fingerprint density at radius 3 is 2.84 bits per heavy atom. The molecule has 2 aromatic carbocycles. The van der Waals surface area contributed by atoms with E-state index in [1.807, 2.05) is 41.1 Å². The summed E-state index contributed by atoms with van der Waals surface area (Å²) in [6, 6.07) is 14.1. The van der Waals surface area contributed by atoms with Crippen molar-refractivity contribution in [3.05, 3.63) is 88.3 Å². The van der Waals surface area contributed by atoms with E-state index in [9.17, 15) is 9.18 Å². The summed E-state index contributed by atoms with van der Waals surface area (Å²) in [5.74, 6) is 1.42. The van der Waals surface area contributed by atoms with Crippen molar-refractivity contribution >= 4 is 17.5 Å². The molecule has 0 N–H and O–H groups in total. The number of likely N-dealkylation sites (tertiary alicyclic amines) is 1. The summed E-state index contributed by atoms with van der Waals surface area (Å²) in [5, 5.41) is 0.702. The van der Waals surface area contributed by atoms with E-state index in [1.165, 1.54) is 12.1 Å². The fourth-order valence-electron chi connectivity index (χ4n) is 4.13. The summed E-state index contributed by atoms with van der Waals surface area (Å²) in [6.07, 6.45) is 4.28. The maximum absolute atomic E-state index is 13.1. The van der Waals surface area contributed by atoms with Gasteiger partial charge in [0.1, 0.15) is 11.6 Å². The second-order valence-electron chi connectivity index (χ2n) is 8.45. The number of halogens is 2. The molecule has 2 heterocycles. The number of oxazole rings is 1. The van der Waals surface area contributed by atoms with E-state index in [2.05, 4.69) is 4.98 Å². The quantitative estimate of drug-likeness (QED) is 0.508. The number of benzene rings is 2. The molecule has 5 nitrogen and oxygen atoms in total. The first kappa shape index (κ1) is 22.5. The van der Waals surface area contributed by atoms with Crippen molar-refractivity contribution in [1.82, 2.24) is 14.8 Å². The first-order valence-corrected chi connectivity index (χ1v) is 11.2. The first-order chi connectivity index (χ1) is 15.5. The molecule has 1 unspecified atom stereocenters. The third-order valence-electron chi connectivity index (χ3n) is 5.73. The topological polar surface area (TPSA) is 49.6 Å². The average Bonchev–Trinajstić information content (AvgIpc) is 3.24. The standard InChI is InChI=1S/C25H27ClFN3O2/c1-29(15-18-7-9-22(27)10-8-18)17-24(31)30-11-3-5-20(16-30)25-28-14-23(32-25)13-19-4-2-6-21(26)12-19/h2,4,6-10,12,14,20H,3,5,11,13,15-17H2,1H3. The van der Waals surface area contributed by atoms with Crippen molar-refractivity contribution in [2.45, 2.75) is 31.7 Å². The van der Waals surface area contributed by atoms with Gasteiger partial charge in [-0.15, -0.1) is 0 Å². The van der Waals surface area contributed by atoms with Gasteiger partial charge >= 0.3 is 0 Å². The molecule has 7 heteroatoms. The molecule has 1 saturated heterocycles. The van der Waals surface area contributed by atoms with Crippen LogP contribution in [-0.2, 0) is 17.8 Å². The zero-order chi connectivity index (χ0) is 22.5. The number of likely N-dealkylation sites (N-methyl/N-ethyl adjacent to an activating group) is 1. The minimum atomic E-state index is -0.255. The fourth-order valence-corrected chi connectivity index (χ4v) is 4.35. The monoisotopic (exact) mass is 455 g/mol. The van der Waals surface area contributed by atoms with E-state index in [1.54, 1.807) is 18.3 Å². The minimum Gasteiger partial charge on any atom is -0.445 e. The highest BCUT2D eigenvalue weighted by Gasteiger charge is 2.28. The van der Waals surface area contributed by atoms with Gasteiger partial charge in [-0.3, -0.25) is 9.69 Å². The summed E-state index contributed by atoms with van der Waals surface area (Å²) >= 11 is 6.07. The van der Waals surface area contributed by atoms with Crippen molar-refractivity contribution in [3.8, 4) is 0 Å². The normalized spacial score (nSPS) is 16.5. The number of aromatic nitrogens is 1. The van der Waals surface area contributed by atoms with E-state index in [-0.39, 0.29) is 17.6 Å². The van der Waals surface area contributed by atoms with Crippen LogP contribution < -0.4 is 0 Å². The second kappa shape index (κ2) is 10.3. The number of rotatable bonds is 7. The Kier molecular flexibility index (Phi) is 7.22. The van der Waals surface area contributed by atoms with Gasteiger partial charge in [-0.05, 0) is 55.3 Å². The molecule has 0 radical (unpaired) electrons. The minimum absolute atomic E-state index is 0.0880. The van der Waals surface area contributed by atoms with Gasteiger partial charge in [0.05, 0.1) is 18.7 Å². The van der Waals surface area contributed by atoms with Gasteiger partial charge < -0.3 is 9.32 Å². The van der Waals surface area contributed by atoms with E-state index in [4.69, 9.17) is 16.0 Å². The van der Waals surface area contributed by atoms with Crippen molar-refractivity contribution in [2.75, 3.05) is 26.7 Å². The average molecular weight is 456 g/mol. The third kappa shape index (κ3) is 5.96. The van der Waals surface area contributed by atoms with Gasteiger partial charge in [0.15, 0.2) is 5.89 Å². The molecule has 3 aromatic rings. The number of nitrogens with zero attached hydrogens (tertiary/aromatic N) is 3. The van der Waals surface area contributed by atoms with Crippen LogP contribution in [0.5, 0.6) is 0 Å². The Hall–Kier alpha value is -2.70. The molecular weight excluding hydrogens is 429 g/mol. The predicted octanol–water partition coefficient (Wildman–Crippen LogP) is 4.90. The smallest absolute Gasteiger partial charge is 0.236 e. The number of hydrogen-bond acceptors (Lipinski definition) is 4. The maximum Gasteiger partial charge on any atom is 0.236 e. The second-order valence-corrected chi connectivity index (χ2v) is 8.89. The van der Waals surface area contributed by atoms with Crippen LogP contribution in [0.2, 0.25) is 5.02 Å². The lowest BCUT2D eigenvalue weighted by atomic mass is 9.98. The van der Waals surface area contributed by atoms with Gasteiger partial charge in [0.25, 0.3) is 0 Å². The van der Waals surface area contributed by atoms with Crippen LogP contribution in [0.25, 0.3) is 0 Å². The highest BCUT2D eigenvalue weighted by atomic mass is 35.5. The van der Waals surface area contributed by atoms with Crippen LogP contribution in [0.1, 0.15) is 41.5 Å². The molecule has 0 spiro atoms. The Morgan fingerprint density at radius 1 is 1.25 bits per heavy atom. The van der Waals surface area contributed by atoms with Crippen LogP contribution in [0.4, 0.5) is 4.39 Å². The van der Waals surface area contributed by atoms with Crippen molar-refractivity contribution in [2.24, 2.45) is 0 Å². The summed E-state index contributed by atoms with van der Waals surface area (Å²) in [4.78, 5) is 21.2. The molecule has 1 aromatic heterocycles. The van der Waals surface area contributed by atoms with Crippen LogP contribution in [0.15, 0.2) is 59.1 Å². The van der Waals surface area contributed by atoms with Crippen molar-refractivity contribution in [3.63, 3.8) is 0 Å². The molecule has 1 atom stereocenters. The molecule has 0 bridgehead atoms. The Labute approximate surface area is 192 Å². The molecule has 0 aliphatic carbocycles. The molecule has 1 amide bonds. The van der Waals surface area contributed by atoms with Crippen LogP contribution in [0, 0.1) is 5.82 Å². The molecule has 168 valence electrons. The number of amides is 1. The number of piperidine rings is 1. The van der Waals surface area contributed by atoms with Gasteiger partial charge in [-0.2, -0.15) is 0 Å². The summed E-state index contributed by atoms with van der Waals surface area (Å²) < 4.78 is 19.1. The summed E-state index contributed by atoms with van der Waals surface area (Å²) in [7, 11) is 1.90. The molecule has 32 heavy (non-hydrogen) atoms. The fraction of sp³-hybridized carbons (Fsp3) is 0.360. The lowest BCUT2D eigenvalue weighted by molar-refractivity contribution is -0.133.